The molecule has 1 rings (SSSR count). The molecule has 0 radical (unpaired) electrons. The molecular formula is C13H17Br3O2S. The van der Waals surface area contributed by atoms with Crippen molar-refractivity contribution in [1.29, 1.82) is 0 Å². The van der Waals surface area contributed by atoms with Gasteiger partial charge in [-0.2, -0.15) is 0 Å². The van der Waals surface area contributed by atoms with Crippen LogP contribution >= 0.6 is 47.8 Å². The first kappa shape index (κ1) is 17.7. The fraction of sp³-hybridized carbons (Fsp3) is 0.538. The van der Waals surface area contributed by atoms with Gasteiger partial charge in [0, 0.05) is 26.3 Å². The molecule has 0 saturated carbocycles. The second kappa shape index (κ2) is 7.57. The summed E-state index contributed by atoms with van der Waals surface area (Å²) in [5, 5.41) is 1.43. The minimum absolute atomic E-state index is 0.198. The van der Waals surface area contributed by atoms with Gasteiger partial charge in [-0.05, 0) is 18.1 Å². The summed E-state index contributed by atoms with van der Waals surface area (Å²) >= 11 is 10.7. The van der Waals surface area contributed by atoms with E-state index in [1.54, 1.807) is 6.92 Å². The molecule has 0 spiro atoms. The summed E-state index contributed by atoms with van der Waals surface area (Å²) in [6.45, 7) is 1.69. The van der Waals surface area contributed by atoms with Gasteiger partial charge in [0.25, 0.3) is 0 Å². The normalized spacial score (nSPS) is 12.6. The van der Waals surface area contributed by atoms with Crippen LogP contribution in [-0.4, -0.2) is 30.6 Å². The quantitative estimate of drug-likeness (QED) is 0.550. The van der Waals surface area contributed by atoms with E-state index in [1.807, 2.05) is 24.3 Å². The Morgan fingerprint density at radius 2 is 1.74 bits per heavy atom. The molecule has 2 nitrogen and oxygen atoms in total. The van der Waals surface area contributed by atoms with Crippen LogP contribution in [0.3, 0.4) is 0 Å². The average molecular weight is 477 g/mol. The Morgan fingerprint density at radius 3 is 2.21 bits per heavy atom. The molecule has 1 aromatic carbocycles. The van der Waals surface area contributed by atoms with E-state index >= 15 is 0 Å². The maximum absolute atomic E-state index is 11.8. The summed E-state index contributed by atoms with van der Waals surface area (Å²) in [4.78, 5) is 0. The number of rotatable bonds is 7. The van der Waals surface area contributed by atoms with Crippen molar-refractivity contribution in [1.82, 2.24) is 0 Å². The lowest BCUT2D eigenvalue weighted by molar-refractivity contribution is 0.521. The predicted molar refractivity (Wildman–Crippen MR) is 92.4 cm³/mol. The van der Waals surface area contributed by atoms with E-state index < -0.39 is 9.84 Å². The SMILES string of the molecule is CCS(=O)(=O)CCC(CBr)(CBr)c1ccccc1Br. The molecule has 108 valence electrons. The highest BCUT2D eigenvalue weighted by molar-refractivity contribution is 9.10. The third-order valence-electron chi connectivity index (χ3n) is 3.29. The summed E-state index contributed by atoms with van der Waals surface area (Å²) in [6, 6.07) is 7.98. The number of hydrogen-bond donors (Lipinski definition) is 0. The molecule has 0 aliphatic carbocycles. The molecule has 0 N–H and O–H groups in total. The van der Waals surface area contributed by atoms with Gasteiger partial charge in [-0.3, -0.25) is 0 Å². The van der Waals surface area contributed by atoms with E-state index in [4.69, 9.17) is 0 Å². The number of alkyl halides is 2. The molecule has 1 aromatic rings. The van der Waals surface area contributed by atoms with E-state index in [2.05, 4.69) is 47.8 Å². The Balaban J connectivity index is 3.08. The molecule has 0 unspecified atom stereocenters. The van der Waals surface area contributed by atoms with Crippen LogP contribution in [0.4, 0.5) is 0 Å². The zero-order chi connectivity index (χ0) is 14.5. The monoisotopic (exact) mass is 474 g/mol. The zero-order valence-electron chi connectivity index (χ0n) is 10.7. The molecule has 0 fully saturated rings. The summed E-state index contributed by atoms with van der Waals surface area (Å²) in [7, 11) is -2.95. The van der Waals surface area contributed by atoms with Crippen molar-refractivity contribution in [2.24, 2.45) is 0 Å². The van der Waals surface area contributed by atoms with Gasteiger partial charge in [-0.25, -0.2) is 8.42 Å². The van der Waals surface area contributed by atoms with Crippen molar-refractivity contribution in [2.45, 2.75) is 18.8 Å². The second-order valence-electron chi connectivity index (χ2n) is 4.51. The van der Waals surface area contributed by atoms with Gasteiger partial charge >= 0.3 is 0 Å². The number of benzene rings is 1. The highest BCUT2D eigenvalue weighted by Gasteiger charge is 2.33. The summed E-state index contributed by atoms with van der Waals surface area (Å²) < 4.78 is 24.5. The molecule has 0 heterocycles. The lowest BCUT2D eigenvalue weighted by Crippen LogP contribution is -2.33. The Hall–Kier alpha value is 0.610. The van der Waals surface area contributed by atoms with Gasteiger partial charge < -0.3 is 0 Å². The molecule has 0 atom stereocenters. The molecule has 19 heavy (non-hydrogen) atoms. The third kappa shape index (κ3) is 4.55. The van der Waals surface area contributed by atoms with E-state index in [0.29, 0.717) is 17.1 Å². The second-order valence-corrected chi connectivity index (χ2v) is 8.96. The smallest absolute Gasteiger partial charge is 0.150 e. The van der Waals surface area contributed by atoms with Crippen LogP contribution in [0, 0.1) is 0 Å². The van der Waals surface area contributed by atoms with E-state index in [1.165, 1.54) is 0 Å². The molecular weight excluding hydrogens is 460 g/mol. The number of sulfone groups is 1. The van der Waals surface area contributed by atoms with Gasteiger partial charge in [-0.1, -0.05) is 72.9 Å². The van der Waals surface area contributed by atoms with Gasteiger partial charge in [0.2, 0.25) is 0 Å². The maximum atomic E-state index is 11.8. The fourth-order valence-electron chi connectivity index (χ4n) is 1.83. The summed E-state index contributed by atoms with van der Waals surface area (Å²) in [5.74, 6) is 0.408. The van der Waals surface area contributed by atoms with E-state index in [0.717, 1.165) is 10.0 Å². The largest absolute Gasteiger partial charge is 0.229 e. The average Bonchev–Trinajstić information content (AvgIpc) is 2.42. The Morgan fingerprint density at radius 1 is 1.16 bits per heavy atom. The molecule has 0 saturated heterocycles. The first-order valence-corrected chi connectivity index (χ1v) is 10.8. The summed E-state index contributed by atoms with van der Waals surface area (Å²) in [6.07, 6.45) is 0.599. The van der Waals surface area contributed by atoms with Crippen molar-refractivity contribution < 1.29 is 8.42 Å². The lowest BCUT2D eigenvalue weighted by atomic mass is 9.82. The minimum atomic E-state index is -2.95. The molecule has 0 bridgehead atoms. The van der Waals surface area contributed by atoms with Crippen LogP contribution in [0.15, 0.2) is 28.7 Å². The van der Waals surface area contributed by atoms with E-state index in [-0.39, 0.29) is 16.9 Å². The Labute approximate surface area is 140 Å². The van der Waals surface area contributed by atoms with Crippen LogP contribution in [-0.2, 0) is 15.3 Å². The minimum Gasteiger partial charge on any atom is -0.229 e. The topological polar surface area (TPSA) is 34.1 Å². The summed E-state index contributed by atoms with van der Waals surface area (Å²) in [5.41, 5.74) is 0.914. The van der Waals surface area contributed by atoms with Crippen molar-refractivity contribution in [2.75, 3.05) is 22.2 Å². The van der Waals surface area contributed by atoms with E-state index in [9.17, 15) is 8.42 Å². The van der Waals surface area contributed by atoms with Crippen LogP contribution in [0.5, 0.6) is 0 Å². The van der Waals surface area contributed by atoms with Crippen LogP contribution < -0.4 is 0 Å². The Bertz CT molecular complexity index is 510. The van der Waals surface area contributed by atoms with Crippen LogP contribution in [0.1, 0.15) is 18.9 Å². The zero-order valence-corrected chi connectivity index (χ0v) is 16.3. The lowest BCUT2D eigenvalue weighted by Gasteiger charge is -2.31. The first-order valence-electron chi connectivity index (χ1n) is 5.98. The van der Waals surface area contributed by atoms with Gasteiger partial charge in [0.05, 0.1) is 5.75 Å². The van der Waals surface area contributed by atoms with Crippen molar-refractivity contribution in [3.63, 3.8) is 0 Å². The van der Waals surface area contributed by atoms with Crippen LogP contribution in [0.2, 0.25) is 0 Å². The van der Waals surface area contributed by atoms with Gasteiger partial charge in [-0.15, -0.1) is 0 Å². The Kier molecular flexibility index (Phi) is 7.04. The maximum Gasteiger partial charge on any atom is 0.150 e. The van der Waals surface area contributed by atoms with Crippen LogP contribution in [0.25, 0.3) is 0 Å². The first-order chi connectivity index (χ1) is 8.90. The molecule has 0 aliphatic heterocycles. The highest BCUT2D eigenvalue weighted by atomic mass is 79.9. The molecule has 0 aliphatic rings. The van der Waals surface area contributed by atoms with Crippen molar-refractivity contribution in [3.8, 4) is 0 Å². The predicted octanol–water partition coefficient (Wildman–Crippen LogP) is 4.30. The van der Waals surface area contributed by atoms with Gasteiger partial charge in [0.1, 0.15) is 9.84 Å². The molecule has 6 heteroatoms. The van der Waals surface area contributed by atoms with Gasteiger partial charge in [0.15, 0.2) is 0 Å². The highest BCUT2D eigenvalue weighted by Crippen LogP contribution is 2.37. The third-order valence-corrected chi connectivity index (χ3v) is 7.83. The van der Waals surface area contributed by atoms with Crippen molar-refractivity contribution in [3.05, 3.63) is 34.3 Å². The molecule has 0 amide bonds. The standard InChI is InChI=1S/C13H17Br3O2S/c1-2-19(17,18)8-7-13(9-14,10-15)11-5-3-4-6-12(11)16/h3-6H,2,7-10H2,1H3. The molecule has 0 aromatic heterocycles. The number of halogens is 3. The number of hydrogen-bond acceptors (Lipinski definition) is 2. The van der Waals surface area contributed by atoms with Crippen molar-refractivity contribution >= 4 is 57.6 Å². The fourth-order valence-corrected chi connectivity index (χ4v) is 5.62.